The number of hydrogen-bond acceptors (Lipinski definition) is 7. The molecule has 0 amide bonds. The maximum Gasteiger partial charge on any atom is 0.468 e. The molecule has 1 atom stereocenters. The van der Waals surface area contributed by atoms with Crippen LogP contribution in [0.2, 0.25) is 0 Å². The van der Waals surface area contributed by atoms with Crippen LogP contribution in [0.1, 0.15) is 13.3 Å². The van der Waals surface area contributed by atoms with E-state index in [0.29, 0.717) is 0 Å². The molecule has 1 unspecified atom stereocenters. The molecule has 8 nitrogen and oxygen atoms in total. The van der Waals surface area contributed by atoms with Gasteiger partial charge in [0.2, 0.25) is 5.83 Å². The predicted octanol–water partition coefficient (Wildman–Crippen LogP) is 1.72. The van der Waals surface area contributed by atoms with E-state index in [1.165, 1.54) is 6.92 Å². The van der Waals surface area contributed by atoms with E-state index in [4.69, 9.17) is 4.55 Å². The van der Waals surface area contributed by atoms with Crippen LogP contribution in [0.15, 0.2) is 12.4 Å². The van der Waals surface area contributed by atoms with Gasteiger partial charge in [0, 0.05) is 0 Å². The fraction of sp³-hybridized carbons (Fsp3) is 0.636. The number of halogens is 6. The van der Waals surface area contributed by atoms with E-state index in [2.05, 4.69) is 20.8 Å². The summed E-state index contributed by atoms with van der Waals surface area (Å²) in [4.78, 5) is 22.7. The van der Waals surface area contributed by atoms with Crippen molar-refractivity contribution in [1.82, 2.24) is 0 Å². The van der Waals surface area contributed by atoms with Crippen molar-refractivity contribution in [1.29, 1.82) is 0 Å². The highest BCUT2D eigenvalue weighted by atomic mass is 32.2. The molecule has 26 heavy (non-hydrogen) atoms. The number of ether oxygens (including phenoxy) is 3. The molecule has 15 heteroatoms. The second kappa shape index (κ2) is 8.22. The Morgan fingerprint density at radius 1 is 1.15 bits per heavy atom. The van der Waals surface area contributed by atoms with E-state index in [1.54, 1.807) is 0 Å². The molecule has 0 saturated carbocycles. The third-order valence-electron chi connectivity index (χ3n) is 2.36. The minimum absolute atomic E-state index is 0.0649. The lowest BCUT2D eigenvalue weighted by atomic mass is 10.2. The van der Waals surface area contributed by atoms with Gasteiger partial charge in [0.05, 0.1) is 6.61 Å². The van der Waals surface area contributed by atoms with Gasteiger partial charge in [-0.2, -0.15) is 34.8 Å². The predicted molar refractivity (Wildman–Crippen MR) is 68.8 cm³/mol. The van der Waals surface area contributed by atoms with E-state index in [9.17, 15) is 44.3 Å². The SMILES string of the molecule is C=C(F)C(=O)OC(OCC(F)(F)S(=O)(=O)O)(C(=O)OCCC)C(F)(F)F. The number of alkyl halides is 5. The second-order valence-corrected chi connectivity index (χ2v) is 5.99. The summed E-state index contributed by atoms with van der Waals surface area (Å²) in [6.07, 6.45) is -6.18. The zero-order valence-electron chi connectivity index (χ0n) is 12.8. The highest BCUT2D eigenvalue weighted by molar-refractivity contribution is 7.86. The van der Waals surface area contributed by atoms with Gasteiger partial charge in [-0.25, -0.2) is 9.59 Å². The molecular weight excluding hydrogens is 406 g/mol. The van der Waals surface area contributed by atoms with Crippen LogP contribution in [-0.2, 0) is 33.9 Å². The van der Waals surface area contributed by atoms with Crippen LogP contribution < -0.4 is 0 Å². The number of hydrogen-bond donors (Lipinski definition) is 1. The Bertz CT molecular complexity index is 658. The molecule has 0 aliphatic rings. The van der Waals surface area contributed by atoms with E-state index in [0.717, 1.165) is 0 Å². The van der Waals surface area contributed by atoms with Crippen molar-refractivity contribution in [3.8, 4) is 0 Å². The van der Waals surface area contributed by atoms with Gasteiger partial charge in [-0.3, -0.25) is 4.55 Å². The largest absolute Gasteiger partial charge is 0.468 e. The lowest BCUT2D eigenvalue weighted by molar-refractivity contribution is -0.360. The zero-order valence-corrected chi connectivity index (χ0v) is 13.6. The molecule has 0 aliphatic carbocycles. The average Bonchev–Trinajstić information content (AvgIpc) is 2.46. The van der Waals surface area contributed by atoms with Crippen LogP contribution in [0.3, 0.4) is 0 Å². The summed E-state index contributed by atoms with van der Waals surface area (Å²) in [6.45, 7) is 0.103. The quantitative estimate of drug-likeness (QED) is 0.198. The molecule has 0 spiro atoms. The molecule has 0 heterocycles. The van der Waals surface area contributed by atoms with E-state index >= 15 is 0 Å². The number of esters is 2. The fourth-order valence-corrected chi connectivity index (χ4v) is 1.33. The molecule has 1 N–H and O–H groups in total. The van der Waals surface area contributed by atoms with Gasteiger partial charge in [-0.1, -0.05) is 13.5 Å². The molecule has 0 radical (unpaired) electrons. The molecule has 0 bridgehead atoms. The summed E-state index contributed by atoms with van der Waals surface area (Å²) in [5.41, 5.74) is 0. The highest BCUT2D eigenvalue weighted by Gasteiger charge is 2.69. The number of carbonyl (C=O) groups excluding carboxylic acids is 2. The first-order chi connectivity index (χ1) is 11.5. The third kappa shape index (κ3) is 5.57. The Morgan fingerprint density at radius 2 is 1.65 bits per heavy atom. The lowest BCUT2D eigenvalue weighted by Crippen LogP contribution is -2.59. The first-order valence-corrected chi connectivity index (χ1v) is 7.76. The Hall–Kier alpha value is -1.87. The smallest absolute Gasteiger partial charge is 0.461 e. The monoisotopic (exact) mass is 418 g/mol. The molecule has 152 valence electrons. The second-order valence-electron chi connectivity index (χ2n) is 4.45. The molecular formula is C11H12F6O8S. The molecule has 0 fully saturated rings. The zero-order chi connectivity index (χ0) is 21.0. The standard InChI is InChI=1S/C11H12F6O8S/c1-3-4-23-8(19)10(11(15,16)17,25-7(18)6(2)12)24-5-9(13,14)26(20,21)22/h2-5H2,1H3,(H,20,21,22). The Labute approximate surface area is 142 Å². The van der Waals surface area contributed by atoms with Crippen LogP contribution >= 0.6 is 0 Å². The van der Waals surface area contributed by atoms with Gasteiger partial charge < -0.3 is 14.2 Å². The van der Waals surface area contributed by atoms with Crippen LogP contribution in [0, 0.1) is 0 Å². The lowest BCUT2D eigenvalue weighted by Gasteiger charge is -2.32. The van der Waals surface area contributed by atoms with Crippen molar-refractivity contribution in [2.75, 3.05) is 13.2 Å². The first-order valence-electron chi connectivity index (χ1n) is 6.32. The molecule has 0 saturated heterocycles. The summed E-state index contributed by atoms with van der Waals surface area (Å²) in [5, 5.41) is -5.34. The van der Waals surface area contributed by atoms with Crippen LogP contribution in [0.4, 0.5) is 26.3 Å². The summed E-state index contributed by atoms with van der Waals surface area (Å²) in [7, 11) is -6.27. The highest BCUT2D eigenvalue weighted by Crippen LogP contribution is 2.38. The maximum absolute atomic E-state index is 13.2. The Balaban J connectivity index is 6.06. The fourth-order valence-electron chi connectivity index (χ4n) is 1.12. The Kier molecular flexibility index (Phi) is 7.63. The molecule has 0 aromatic carbocycles. The normalized spacial score (nSPS) is 15.1. The van der Waals surface area contributed by atoms with Crippen LogP contribution in [0.5, 0.6) is 0 Å². The van der Waals surface area contributed by atoms with E-state index in [-0.39, 0.29) is 6.42 Å². The first kappa shape index (κ1) is 24.1. The maximum atomic E-state index is 13.2. The van der Waals surface area contributed by atoms with Gasteiger partial charge in [0.25, 0.3) is 0 Å². The van der Waals surface area contributed by atoms with Crippen molar-refractivity contribution in [3.63, 3.8) is 0 Å². The molecule has 0 aromatic rings. The van der Waals surface area contributed by atoms with Crippen LogP contribution in [0.25, 0.3) is 0 Å². The summed E-state index contributed by atoms with van der Waals surface area (Å²) >= 11 is 0. The molecule has 0 rings (SSSR count). The van der Waals surface area contributed by atoms with Crippen molar-refractivity contribution in [3.05, 3.63) is 12.4 Å². The van der Waals surface area contributed by atoms with Crippen molar-refractivity contribution >= 4 is 22.1 Å². The average molecular weight is 418 g/mol. The number of rotatable bonds is 9. The summed E-state index contributed by atoms with van der Waals surface area (Å²) < 4.78 is 119. The summed E-state index contributed by atoms with van der Waals surface area (Å²) in [6, 6.07) is 0. The van der Waals surface area contributed by atoms with Crippen LogP contribution in [-0.4, -0.2) is 55.3 Å². The number of carbonyl (C=O) groups is 2. The van der Waals surface area contributed by atoms with Gasteiger partial charge in [0.15, 0.2) is 0 Å². The van der Waals surface area contributed by atoms with Gasteiger partial charge in [-0.15, -0.1) is 0 Å². The van der Waals surface area contributed by atoms with Crippen molar-refractivity contribution in [2.24, 2.45) is 0 Å². The minimum atomic E-state index is -6.27. The minimum Gasteiger partial charge on any atom is -0.461 e. The topological polar surface area (TPSA) is 116 Å². The van der Waals surface area contributed by atoms with Crippen molar-refractivity contribution < 1.29 is 63.1 Å². The third-order valence-corrected chi connectivity index (χ3v) is 3.23. The molecule has 0 aliphatic heterocycles. The van der Waals surface area contributed by atoms with Gasteiger partial charge in [0.1, 0.15) is 6.61 Å². The van der Waals surface area contributed by atoms with Gasteiger partial charge >= 0.3 is 39.3 Å². The molecule has 0 aromatic heterocycles. The van der Waals surface area contributed by atoms with E-state index < -0.39 is 58.3 Å². The Morgan fingerprint density at radius 3 is 2.00 bits per heavy atom. The van der Waals surface area contributed by atoms with Gasteiger partial charge in [-0.05, 0) is 6.42 Å². The summed E-state index contributed by atoms with van der Waals surface area (Å²) in [5.74, 6) is -12.2. The van der Waals surface area contributed by atoms with Crippen molar-refractivity contribution in [2.45, 2.75) is 30.6 Å². The van der Waals surface area contributed by atoms with E-state index in [1.807, 2.05) is 0 Å².